The molecule has 0 spiro atoms. The molecule has 4 nitrogen and oxygen atoms in total. The van der Waals surface area contributed by atoms with E-state index in [9.17, 15) is 5.11 Å². The first-order chi connectivity index (χ1) is 8.13. The molecular formula is C13H22N2O2. The van der Waals surface area contributed by atoms with Crippen molar-refractivity contribution in [2.45, 2.75) is 50.2 Å². The molecule has 1 fully saturated rings. The van der Waals surface area contributed by atoms with Crippen LogP contribution in [0.15, 0.2) is 12.4 Å². The predicted molar refractivity (Wildman–Crippen MR) is 65.7 cm³/mol. The van der Waals surface area contributed by atoms with Crippen molar-refractivity contribution >= 4 is 0 Å². The summed E-state index contributed by atoms with van der Waals surface area (Å²) >= 11 is 0. The third-order valence-electron chi connectivity index (χ3n) is 3.83. The molecule has 0 aromatic carbocycles. The van der Waals surface area contributed by atoms with Crippen LogP contribution in [0.25, 0.3) is 0 Å². The monoisotopic (exact) mass is 238 g/mol. The van der Waals surface area contributed by atoms with E-state index < -0.39 is 0 Å². The summed E-state index contributed by atoms with van der Waals surface area (Å²) in [4.78, 5) is 0. The van der Waals surface area contributed by atoms with Gasteiger partial charge in [0.1, 0.15) is 0 Å². The van der Waals surface area contributed by atoms with E-state index in [1.54, 1.807) is 11.8 Å². The van der Waals surface area contributed by atoms with E-state index >= 15 is 0 Å². The van der Waals surface area contributed by atoms with Gasteiger partial charge in [0.25, 0.3) is 0 Å². The molecule has 1 atom stereocenters. The molecule has 1 heterocycles. The van der Waals surface area contributed by atoms with E-state index in [0.717, 1.165) is 32.1 Å². The number of methoxy groups -OCH3 is 1. The van der Waals surface area contributed by atoms with Crippen LogP contribution in [-0.4, -0.2) is 33.7 Å². The summed E-state index contributed by atoms with van der Waals surface area (Å²) in [7, 11) is 3.67. The first-order valence-corrected chi connectivity index (χ1v) is 6.34. The van der Waals surface area contributed by atoms with Gasteiger partial charge in [-0.3, -0.25) is 4.68 Å². The second-order valence-corrected chi connectivity index (χ2v) is 5.16. The van der Waals surface area contributed by atoms with Gasteiger partial charge in [-0.1, -0.05) is 0 Å². The van der Waals surface area contributed by atoms with Crippen LogP contribution in [0.1, 0.15) is 37.7 Å². The standard InChI is InChI=1S/C13H22N2O2/c1-15-10-11(9-14-15)4-5-12(16)8-13(17-2)6-3-7-13/h9-10,12,16H,3-8H2,1-2H3. The van der Waals surface area contributed by atoms with Crippen molar-refractivity contribution in [2.24, 2.45) is 7.05 Å². The number of aliphatic hydroxyl groups excluding tert-OH is 1. The van der Waals surface area contributed by atoms with Gasteiger partial charge in [-0.05, 0) is 37.7 Å². The Labute approximate surface area is 103 Å². The Morgan fingerprint density at radius 3 is 2.82 bits per heavy atom. The van der Waals surface area contributed by atoms with Crippen LogP contribution in [-0.2, 0) is 18.2 Å². The fraction of sp³-hybridized carbons (Fsp3) is 0.769. The molecule has 1 aromatic rings. The zero-order valence-corrected chi connectivity index (χ0v) is 10.7. The highest BCUT2D eigenvalue weighted by Gasteiger charge is 2.38. The van der Waals surface area contributed by atoms with Gasteiger partial charge in [0.2, 0.25) is 0 Å². The predicted octanol–water partition coefficient (Wildman–Crippen LogP) is 1.67. The van der Waals surface area contributed by atoms with Gasteiger partial charge in [0.15, 0.2) is 0 Å². The van der Waals surface area contributed by atoms with Gasteiger partial charge in [-0.15, -0.1) is 0 Å². The highest BCUT2D eigenvalue weighted by molar-refractivity contribution is 5.04. The van der Waals surface area contributed by atoms with E-state index in [1.165, 1.54) is 12.0 Å². The van der Waals surface area contributed by atoms with Gasteiger partial charge < -0.3 is 9.84 Å². The zero-order chi connectivity index (χ0) is 12.3. The summed E-state index contributed by atoms with van der Waals surface area (Å²) in [6.07, 6.45) is 9.44. The smallest absolute Gasteiger partial charge is 0.0703 e. The number of aryl methyl sites for hydroxylation is 2. The second kappa shape index (κ2) is 5.19. The van der Waals surface area contributed by atoms with Crippen molar-refractivity contribution < 1.29 is 9.84 Å². The summed E-state index contributed by atoms with van der Waals surface area (Å²) in [6, 6.07) is 0. The Kier molecular flexibility index (Phi) is 3.84. The molecule has 4 heteroatoms. The Hall–Kier alpha value is -0.870. The molecule has 0 amide bonds. The number of nitrogens with zero attached hydrogens (tertiary/aromatic N) is 2. The van der Waals surface area contributed by atoms with E-state index in [-0.39, 0.29) is 11.7 Å². The Balaban J connectivity index is 1.75. The number of aromatic nitrogens is 2. The lowest BCUT2D eigenvalue weighted by Gasteiger charge is -2.41. The van der Waals surface area contributed by atoms with Gasteiger partial charge in [-0.2, -0.15) is 5.10 Å². The van der Waals surface area contributed by atoms with Gasteiger partial charge in [-0.25, -0.2) is 0 Å². The first-order valence-electron chi connectivity index (χ1n) is 6.34. The van der Waals surface area contributed by atoms with Crippen LogP contribution in [0.3, 0.4) is 0 Å². The zero-order valence-electron chi connectivity index (χ0n) is 10.7. The van der Waals surface area contributed by atoms with Crippen LogP contribution in [0.5, 0.6) is 0 Å². The number of rotatable bonds is 6. The minimum atomic E-state index is -0.268. The summed E-state index contributed by atoms with van der Waals surface area (Å²) in [6.45, 7) is 0. The molecule has 0 saturated heterocycles. The minimum Gasteiger partial charge on any atom is -0.393 e. The largest absolute Gasteiger partial charge is 0.393 e. The maximum absolute atomic E-state index is 10.0. The quantitative estimate of drug-likeness (QED) is 0.820. The minimum absolute atomic E-state index is 0.0334. The molecule has 1 aliphatic carbocycles. The molecule has 96 valence electrons. The Morgan fingerprint density at radius 2 is 2.35 bits per heavy atom. The van der Waals surface area contributed by atoms with Crippen LogP contribution >= 0.6 is 0 Å². The van der Waals surface area contributed by atoms with Gasteiger partial charge in [0.05, 0.1) is 17.9 Å². The third kappa shape index (κ3) is 3.07. The maximum Gasteiger partial charge on any atom is 0.0703 e. The molecule has 1 N–H and O–H groups in total. The molecule has 1 aromatic heterocycles. The third-order valence-corrected chi connectivity index (χ3v) is 3.83. The Morgan fingerprint density at radius 1 is 1.59 bits per heavy atom. The molecule has 2 rings (SSSR count). The highest BCUT2D eigenvalue weighted by Crippen LogP contribution is 2.39. The van der Waals surface area contributed by atoms with E-state index in [4.69, 9.17) is 4.74 Å². The average Bonchev–Trinajstić information content (AvgIpc) is 2.67. The molecule has 17 heavy (non-hydrogen) atoms. The molecule has 1 unspecified atom stereocenters. The van der Waals surface area contributed by atoms with Crippen LogP contribution in [0.2, 0.25) is 0 Å². The molecular weight excluding hydrogens is 216 g/mol. The fourth-order valence-corrected chi connectivity index (χ4v) is 2.53. The fourth-order valence-electron chi connectivity index (χ4n) is 2.53. The Bertz CT molecular complexity index is 353. The number of ether oxygens (including phenoxy) is 1. The lowest BCUT2D eigenvalue weighted by molar-refractivity contribution is -0.0998. The summed E-state index contributed by atoms with van der Waals surface area (Å²) in [5, 5.41) is 14.2. The van der Waals surface area contributed by atoms with Crippen molar-refractivity contribution in [3.05, 3.63) is 18.0 Å². The SMILES string of the molecule is COC1(CC(O)CCc2cnn(C)c2)CCC1. The number of aliphatic hydroxyl groups is 1. The maximum atomic E-state index is 10.0. The average molecular weight is 238 g/mol. The first kappa shape index (κ1) is 12.6. The molecule has 0 bridgehead atoms. The lowest BCUT2D eigenvalue weighted by Crippen LogP contribution is -2.42. The van der Waals surface area contributed by atoms with Gasteiger partial charge >= 0.3 is 0 Å². The van der Waals surface area contributed by atoms with E-state index in [2.05, 4.69) is 5.10 Å². The van der Waals surface area contributed by atoms with Crippen molar-refractivity contribution in [3.63, 3.8) is 0 Å². The summed E-state index contributed by atoms with van der Waals surface area (Å²) < 4.78 is 7.32. The number of hydrogen-bond acceptors (Lipinski definition) is 3. The number of hydrogen-bond donors (Lipinski definition) is 1. The van der Waals surface area contributed by atoms with Crippen LogP contribution in [0, 0.1) is 0 Å². The van der Waals surface area contributed by atoms with Crippen molar-refractivity contribution in [1.29, 1.82) is 0 Å². The van der Waals surface area contributed by atoms with E-state index in [0.29, 0.717) is 0 Å². The van der Waals surface area contributed by atoms with Crippen LogP contribution < -0.4 is 0 Å². The normalized spacial score (nSPS) is 19.9. The lowest BCUT2D eigenvalue weighted by atomic mass is 9.75. The molecule has 0 aliphatic heterocycles. The van der Waals surface area contributed by atoms with Gasteiger partial charge in [0, 0.05) is 26.8 Å². The highest BCUT2D eigenvalue weighted by atomic mass is 16.5. The van der Waals surface area contributed by atoms with Crippen molar-refractivity contribution in [2.75, 3.05) is 7.11 Å². The summed E-state index contributed by atoms with van der Waals surface area (Å²) in [5.41, 5.74) is 1.15. The molecule has 0 radical (unpaired) electrons. The summed E-state index contributed by atoms with van der Waals surface area (Å²) in [5.74, 6) is 0. The van der Waals surface area contributed by atoms with Crippen molar-refractivity contribution in [1.82, 2.24) is 9.78 Å². The van der Waals surface area contributed by atoms with Crippen molar-refractivity contribution in [3.8, 4) is 0 Å². The second-order valence-electron chi connectivity index (χ2n) is 5.16. The topological polar surface area (TPSA) is 47.3 Å². The van der Waals surface area contributed by atoms with E-state index in [1.807, 2.05) is 19.4 Å². The molecule has 1 saturated carbocycles. The van der Waals surface area contributed by atoms with Crippen LogP contribution in [0.4, 0.5) is 0 Å². The molecule has 1 aliphatic rings.